The zero-order chi connectivity index (χ0) is 23.1. The molecule has 1 aliphatic heterocycles. The lowest BCUT2D eigenvalue weighted by Gasteiger charge is -2.39. The van der Waals surface area contributed by atoms with Crippen molar-refractivity contribution in [1.82, 2.24) is 14.8 Å². The van der Waals surface area contributed by atoms with Gasteiger partial charge in [0.1, 0.15) is 23.5 Å². The molecule has 0 spiro atoms. The molecule has 1 saturated heterocycles. The summed E-state index contributed by atoms with van der Waals surface area (Å²) >= 11 is 0. The molecule has 0 saturated carbocycles. The van der Waals surface area contributed by atoms with Crippen LogP contribution in [0.4, 0.5) is 4.79 Å². The molecular weight excluding hydrogens is 402 g/mol. The first-order chi connectivity index (χ1) is 15.3. The number of rotatable bonds is 9. The third-order valence-electron chi connectivity index (χ3n) is 6.26. The van der Waals surface area contributed by atoms with Crippen LogP contribution in [0, 0.1) is 0 Å². The summed E-state index contributed by atoms with van der Waals surface area (Å²) in [4.78, 5) is 19.8. The van der Waals surface area contributed by atoms with E-state index >= 15 is 0 Å². The molecule has 0 N–H and O–H groups in total. The average Bonchev–Trinajstić information content (AvgIpc) is 2.75. The molecule has 0 aliphatic carbocycles. The predicted molar refractivity (Wildman–Crippen MR) is 127 cm³/mol. The van der Waals surface area contributed by atoms with E-state index in [1.807, 2.05) is 33.0 Å². The minimum Gasteiger partial charge on any atom is -0.530 e. The summed E-state index contributed by atoms with van der Waals surface area (Å²) in [6.07, 6.45) is 7.09. The molecule has 32 heavy (non-hydrogen) atoms. The highest BCUT2D eigenvalue weighted by Gasteiger charge is 2.23. The molecule has 6 heteroatoms. The highest BCUT2D eigenvalue weighted by Crippen LogP contribution is 2.29. The van der Waals surface area contributed by atoms with Crippen LogP contribution in [0.1, 0.15) is 65.4 Å². The fourth-order valence-corrected chi connectivity index (χ4v) is 4.42. The Balaban J connectivity index is 1.54. The van der Waals surface area contributed by atoms with E-state index in [1.165, 1.54) is 23.3 Å². The molecule has 1 fully saturated rings. The van der Waals surface area contributed by atoms with Crippen molar-refractivity contribution in [1.29, 1.82) is 0 Å². The maximum absolute atomic E-state index is 11.4. The number of amides is 1. The standard InChI is InChI=1S/C26H39N3O3/c1-5-6-9-20-18-21-10-7-13-27-24(21)23(19-20)32-22-11-16-28(17-12-22)14-8-15-29(25(30)31)26(2,3)4/h7,10,13,18-19,22H,5-6,8-9,11-12,14-17H2,1-4H3,(H,30,31)/p-1. The summed E-state index contributed by atoms with van der Waals surface area (Å²) in [5.74, 6) is 0.905. The third kappa shape index (κ3) is 6.58. The summed E-state index contributed by atoms with van der Waals surface area (Å²) in [6, 6.07) is 8.51. The summed E-state index contributed by atoms with van der Waals surface area (Å²) < 4.78 is 6.47. The van der Waals surface area contributed by atoms with Crippen molar-refractivity contribution in [3.8, 4) is 5.75 Å². The molecule has 6 nitrogen and oxygen atoms in total. The lowest BCUT2D eigenvalue weighted by atomic mass is 10.0. The average molecular weight is 441 g/mol. The molecule has 3 rings (SSSR count). The van der Waals surface area contributed by atoms with E-state index < -0.39 is 11.6 Å². The van der Waals surface area contributed by atoms with Gasteiger partial charge < -0.3 is 24.4 Å². The van der Waals surface area contributed by atoms with Gasteiger partial charge in [-0.05, 0) is 83.2 Å². The van der Waals surface area contributed by atoms with Crippen LogP contribution >= 0.6 is 0 Å². The number of nitrogens with zero attached hydrogens (tertiary/aromatic N) is 3. The number of benzene rings is 1. The van der Waals surface area contributed by atoms with Gasteiger partial charge in [-0.15, -0.1) is 0 Å². The Bertz CT molecular complexity index is 886. The predicted octanol–water partition coefficient (Wildman–Crippen LogP) is 4.25. The lowest BCUT2D eigenvalue weighted by Crippen LogP contribution is -2.52. The first kappa shape index (κ1) is 24.3. The Morgan fingerprint density at radius 3 is 2.66 bits per heavy atom. The van der Waals surface area contributed by atoms with E-state index in [2.05, 4.69) is 35.0 Å². The topological polar surface area (TPSA) is 68.7 Å². The lowest BCUT2D eigenvalue weighted by molar-refractivity contribution is -0.270. The minimum absolute atomic E-state index is 0.187. The van der Waals surface area contributed by atoms with Crippen LogP contribution in [0.2, 0.25) is 0 Å². The van der Waals surface area contributed by atoms with E-state index in [0.717, 1.165) is 62.0 Å². The monoisotopic (exact) mass is 440 g/mol. The van der Waals surface area contributed by atoms with Gasteiger partial charge in [-0.2, -0.15) is 0 Å². The van der Waals surface area contributed by atoms with Gasteiger partial charge in [-0.25, -0.2) is 0 Å². The molecule has 2 aromatic rings. The third-order valence-corrected chi connectivity index (χ3v) is 6.26. The fraction of sp³-hybridized carbons (Fsp3) is 0.615. The van der Waals surface area contributed by atoms with Crippen LogP contribution in [0.3, 0.4) is 0 Å². The minimum atomic E-state index is -1.09. The maximum atomic E-state index is 11.4. The van der Waals surface area contributed by atoms with Crippen LogP contribution in [0.5, 0.6) is 5.75 Å². The number of pyridine rings is 1. The summed E-state index contributed by atoms with van der Waals surface area (Å²) in [7, 11) is 0. The Morgan fingerprint density at radius 1 is 1.25 bits per heavy atom. The number of aromatic nitrogens is 1. The summed E-state index contributed by atoms with van der Waals surface area (Å²) in [5, 5.41) is 12.5. The molecule has 0 atom stereocenters. The number of aryl methyl sites for hydroxylation is 1. The number of fused-ring (bicyclic) bond motifs is 1. The number of carbonyl (C=O) groups excluding carboxylic acids is 1. The second kappa shape index (κ2) is 11.0. The highest BCUT2D eigenvalue weighted by molar-refractivity contribution is 5.85. The zero-order valence-electron chi connectivity index (χ0n) is 20.1. The Morgan fingerprint density at radius 2 is 2.00 bits per heavy atom. The number of hydrogen-bond donors (Lipinski definition) is 0. The van der Waals surface area contributed by atoms with Crippen LogP contribution in [0.15, 0.2) is 30.5 Å². The Labute approximate surface area is 192 Å². The molecule has 176 valence electrons. The van der Waals surface area contributed by atoms with Crippen molar-refractivity contribution in [2.75, 3.05) is 26.2 Å². The van der Waals surface area contributed by atoms with Crippen molar-refractivity contribution in [2.45, 2.75) is 77.9 Å². The first-order valence-corrected chi connectivity index (χ1v) is 12.0. The molecule has 0 bridgehead atoms. The van der Waals surface area contributed by atoms with Crippen LogP contribution < -0.4 is 9.84 Å². The molecule has 1 aromatic heterocycles. The number of carboxylic acid groups (broad SMARTS) is 1. The van der Waals surface area contributed by atoms with Gasteiger partial charge in [0.25, 0.3) is 0 Å². The first-order valence-electron chi connectivity index (χ1n) is 12.0. The van der Waals surface area contributed by atoms with Gasteiger partial charge >= 0.3 is 0 Å². The molecule has 2 heterocycles. The van der Waals surface area contributed by atoms with E-state index in [1.54, 1.807) is 0 Å². The largest absolute Gasteiger partial charge is 0.530 e. The van der Waals surface area contributed by atoms with Crippen LogP contribution in [-0.4, -0.2) is 58.7 Å². The van der Waals surface area contributed by atoms with Gasteiger partial charge in [0.15, 0.2) is 0 Å². The second-order valence-electron chi connectivity index (χ2n) is 9.87. The van der Waals surface area contributed by atoms with E-state index in [4.69, 9.17) is 4.74 Å². The Kier molecular flexibility index (Phi) is 8.35. The number of unbranched alkanes of at least 4 members (excludes halogenated alkanes) is 1. The maximum Gasteiger partial charge on any atom is 0.146 e. The number of ether oxygens (including phenoxy) is 1. The molecular formula is C26H38N3O3-. The van der Waals surface area contributed by atoms with Crippen molar-refractivity contribution in [2.24, 2.45) is 0 Å². The number of piperidine rings is 1. The van der Waals surface area contributed by atoms with E-state index in [0.29, 0.717) is 6.54 Å². The normalized spacial score (nSPS) is 15.8. The van der Waals surface area contributed by atoms with Crippen molar-refractivity contribution >= 4 is 17.0 Å². The number of hydrogen-bond acceptors (Lipinski definition) is 5. The van der Waals surface area contributed by atoms with Gasteiger partial charge in [0.2, 0.25) is 0 Å². The molecule has 0 radical (unpaired) electrons. The smallest absolute Gasteiger partial charge is 0.146 e. The van der Waals surface area contributed by atoms with Crippen LogP contribution in [-0.2, 0) is 6.42 Å². The number of carbonyl (C=O) groups is 1. The fourth-order valence-electron chi connectivity index (χ4n) is 4.42. The van der Waals surface area contributed by atoms with Gasteiger partial charge in [-0.3, -0.25) is 4.98 Å². The quantitative estimate of drug-likeness (QED) is 0.583. The Hall–Kier alpha value is -2.34. The van der Waals surface area contributed by atoms with E-state index in [-0.39, 0.29) is 6.10 Å². The zero-order valence-corrected chi connectivity index (χ0v) is 20.1. The number of likely N-dealkylation sites (tertiary alicyclic amines) is 1. The summed E-state index contributed by atoms with van der Waals surface area (Å²) in [6.45, 7) is 11.3. The molecule has 0 unspecified atom stereocenters. The van der Waals surface area contributed by atoms with Gasteiger partial charge in [0, 0.05) is 36.8 Å². The summed E-state index contributed by atoms with van der Waals surface area (Å²) in [5.41, 5.74) is 1.83. The molecule has 1 aromatic carbocycles. The highest BCUT2D eigenvalue weighted by atomic mass is 16.5. The second-order valence-corrected chi connectivity index (χ2v) is 9.87. The van der Waals surface area contributed by atoms with E-state index in [9.17, 15) is 9.90 Å². The van der Waals surface area contributed by atoms with Crippen molar-refractivity contribution < 1.29 is 14.6 Å². The van der Waals surface area contributed by atoms with Crippen molar-refractivity contribution in [3.63, 3.8) is 0 Å². The van der Waals surface area contributed by atoms with Crippen LogP contribution in [0.25, 0.3) is 10.9 Å². The molecule has 1 amide bonds. The SMILES string of the molecule is CCCCc1cc(OC2CCN(CCCN(C(=O)[O-])C(C)(C)C)CC2)c2ncccc2c1. The van der Waals surface area contributed by atoms with Crippen molar-refractivity contribution in [3.05, 3.63) is 36.0 Å². The molecule has 1 aliphatic rings. The van der Waals surface area contributed by atoms with Gasteiger partial charge in [-0.1, -0.05) is 19.4 Å². The van der Waals surface area contributed by atoms with Gasteiger partial charge in [0.05, 0.1) is 0 Å².